The lowest BCUT2D eigenvalue weighted by Gasteiger charge is -2.33. The second kappa shape index (κ2) is 10.00. The van der Waals surface area contributed by atoms with Gasteiger partial charge in [0.15, 0.2) is 0 Å². The zero-order valence-corrected chi connectivity index (χ0v) is 23.1. The zero-order valence-electron chi connectivity index (χ0n) is 20.7. The minimum absolute atomic E-state index is 0.00643. The van der Waals surface area contributed by atoms with Gasteiger partial charge in [-0.25, -0.2) is 19.7 Å². The van der Waals surface area contributed by atoms with E-state index in [1.807, 2.05) is 6.92 Å². The predicted octanol–water partition coefficient (Wildman–Crippen LogP) is 7.01. The Hall–Kier alpha value is -3.35. The predicted molar refractivity (Wildman–Crippen MR) is 144 cm³/mol. The minimum atomic E-state index is -4.51. The Balaban J connectivity index is 1.53. The van der Waals surface area contributed by atoms with Crippen molar-refractivity contribution >= 4 is 44.9 Å². The number of thiazole rings is 1. The molecule has 1 atom stereocenters. The molecule has 0 saturated heterocycles. The summed E-state index contributed by atoms with van der Waals surface area (Å²) in [5, 5.41) is 24.5. The molecule has 39 heavy (non-hydrogen) atoms. The lowest BCUT2D eigenvalue weighted by Crippen LogP contribution is -2.32. The lowest BCUT2D eigenvalue weighted by atomic mass is 9.79. The number of rotatable bonds is 5. The number of aromatic carboxylic acids is 1. The van der Waals surface area contributed by atoms with Gasteiger partial charge in [0, 0.05) is 16.9 Å². The molecule has 3 aromatic heterocycles. The molecule has 202 valence electrons. The van der Waals surface area contributed by atoms with Crippen LogP contribution in [0.1, 0.15) is 56.0 Å². The molecule has 1 unspecified atom stereocenters. The van der Waals surface area contributed by atoms with E-state index in [1.165, 1.54) is 17.4 Å². The number of nitrogens with one attached hydrogen (secondary N) is 1. The molecule has 7 nitrogen and oxygen atoms in total. The van der Waals surface area contributed by atoms with Crippen LogP contribution in [0.25, 0.3) is 10.6 Å². The van der Waals surface area contributed by atoms with Gasteiger partial charge in [0.25, 0.3) is 0 Å². The summed E-state index contributed by atoms with van der Waals surface area (Å²) in [5.41, 5.74) is 1.42. The molecule has 0 amide bonds. The summed E-state index contributed by atoms with van der Waals surface area (Å²) in [4.78, 5) is 25.3. The SMILES string of the molecule is Cc1c(Nc2cc(C(F)(F)F)ccn2)nc(-c2cnc(C3(O)CCCc4cc(C(=O)O)ccc43)s2)c(Br)c1C. The highest BCUT2D eigenvalue weighted by Gasteiger charge is 2.39. The van der Waals surface area contributed by atoms with Crippen molar-refractivity contribution in [3.63, 3.8) is 0 Å². The first-order chi connectivity index (χ1) is 18.4. The molecule has 3 N–H and O–H groups in total. The number of fused-ring (bicyclic) bond motifs is 1. The minimum Gasteiger partial charge on any atom is -0.478 e. The van der Waals surface area contributed by atoms with Gasteiger partial charge in [-0.05, 0) is 95.6 Å². The van der Waals surface area contributed by atoms with Crippen LogP contribution in [-0.4, -0.2) is 31.1 Å². The van der Waals surface area contributed by atoms with E-state index >= 15 is 0 Å². The van der Waals surface area contributed by atoms with Crippen LogP contribution in [0.15, 0.2) is 47.2 Å². The highest BCUT2D eigenvalue weighted by atomic mass is 79.9. The van der Waals surface area contributed by atoms with Gasteiger partial charge in [-0.3, -0.25) is 0 Å². The number of hydrogen-bond acceptors (Lipinski definition) is 7. The summed E-state index contributed by atoms with van der Waals surface area (Å²) < 4.78 is 40.3. The molecule has 4 aromatic rings. The molecule has 0 bridgehead atoms. The molecule has 0 aliphatic heterocycles. The van der Waals surface area contributed by atoms with Crippen molar-refractivity contribution in [1.29, 1.82) is 0 Å². The first-order valence-corrected chi connectivity index (χ1v) is 13.5. The first kappa shape index (κ1) is 27.2. The van der Waals surface area contributed by atoms with Crippen LogP contribution in [0.3, 0.4) is 0 Å². The van der Waals surface area contributed by atoms with Gasteiger partial charge in [-0.15, -0.1) is 11.3 Å². The average Bonchev–Trinajstić information content (AvgIpc) is 3.39. The molecule has 1 aliphatic carbocycles. The van der Waals surface area contributed by atoms with Gasteiger partial charge < -0.3 is 15.5 Å². The van der Waals surface area contributed by atoms with Crippen molar-refractivity contribution in [3.05, 3.63) is 85.6 Å². The third-order valence-electron chi connectivity index (χ3n) is 6.89. The zero-order chi connectivity index (χ0) is 28.1. The molecular formula is C27H22BrF3N4O3S. The molecule has 0 spiro atoms. The molecule has 0 radical (unpaired) electrons. The number of nitrogens with zero attached hydrogens (tertiary/aromatic N) is 3. The normalized spacial score (nSPS) is 17.1. The standard InChI is InChI=1S/C27H22BrF3N4O3S/c1-13-14(2)23(34-20-11-17(7-9-32-20)27(29,30)31)35-22(21(13)28)19-12-33-25(39-19)26(38)8-3-4-15-10-16(24(36)37)5-6-18(15)26/h5-7,9-12,38H,3-4,8H2,1-2H3,(H,36,37)(H,32,34,35). The van der Waals surface area contributed by atoms with E-state index < -0.39 is 23.3 Å². The van der Waals surface area contributed by atoms with Gasteiger partial charge in [-0.2, -0.15) is 13.2 Å². The summed E-state index contributed by atoms with van der Waals surface area (Å²) in [6, 6.07) is 6.55. The topological polar surface area (TPSA) is 108 Å². The summed E-state index contributed by atoms with van der Waals surface area (Å²) in [6.07, 6.45) is -0.0779. The monoisotopic (exact) mass is 618 g/mol. The number of benzene rings is 1. The van der Waals surface area contributed by atoms with E-state index in [0.29, 0.717) is 50.7 Å². The maximum atomic E-state index is 13.2. The van der Waals surface area contributed by atoms with E-state index in [0.717, 1.165) is 35.0 Å². The van der Waals surface area contributed by atoms with Crippen LogP contribution < -0.4 is 5.32 Å². The maximum Gasteiger partial charge on any atom is 0.416 e. The van der Waals surface area contributed by atoms with Crippen LogP contribution in [0.4, 0.5) is 24.8 Å². The highest BCUT2D eigenvalue weighted by Crippen LogP contribution is 2.45. The van der Waals surface area contributed by atoms with Crippen molar-refractivity contribution in [3.8, 4) is 10.6 Å². The average molecular weight is 619 g/mol. The van der Waals surface area contributed by atoms with Gasteiger partial charge in [0.05, 0.1) is 21.7 Å². The van der Waals surface area contributed by atoms with E-state index in [2.05, 4.69) is 31.2 Å². The Kier molecular flexibility index (Phi) is 6.98. The van der Waals surface area contributed by atoms with Crippen molar-refractivity contribution in [2.75, 3.05) is 5.32 Å². The third-order valence-corrected chi connectivity index (χ3v) is 9.01. The fraction of sp³-hybridized carbons (Fsp3) is 0.259. The van der Waals surface area contributed by atoms with Crippen molar-refractivity contribution in [2.24, 2.45) is 0 Å². The Morgan fingerprint density at radius 1 is 1.15 bits per heavy atom. The van der Waals surface area contributed by atoms with Crippen LogP contribution >= 0.6 is 27.3 Å². The number of halogens is 4. The lowest BCUT2D eigenvalue weighted by molar-refractivity contribution is -0.137. The molecule has 1 aromatic carbocycles. The molecule has 0 saturated carbocycles. The Bertz CT molecular complexity index is 1610. The van der Waals surface area contributed by atoms with E-state index in [-0.39, 0.29) is 11.4 Å². The van der Waals surface area contributed by atoms with Crippen molar-refractivity contribution in [1.82, 2.24) is 15.0 Å². The molecule has 3 heterocycles. The van der Waals surface area contributed by atoms with Crippen LogP contribution in [0.2, 0.25) is 0 Å². The number of aryl methyl sites for hydroxylation is 1. The highest BCUT2D eigenvalue weighted by molar-refractivity contribution is 9.10. The molecule has 5 rings (SSSR count). The first-order valence-electron chi connectivity index (χ1n) is 11.9. The van der Waals surface area contributed by atoms with Crippen LogP contribution in [0, 0.1) is 13.8 Å². The smallest absolute Gasteiger partial charge is 0.416 e. The second-order valence-electron chi connectivity index (χ2n) is 9.35. The van der Waals surface area contributed by atoms with Crippen molar-refractivity contribution < 1.29 is 28.2 Å². The molecule has 0 fully saturated rings. The van der Waals surface area contributed by atoms with Crippen molar-refractivity contribution in [2.45, 2.75) is 44.9 Å². The number of alkyl halides is 3. The van der Waals surface area contributed by atoms with Crippen LogP contribution in [0.5, 0.6) is 0 Å². The second-order valence-corrected chi connectivity index (χ2v) is 11.2. The largest absolute Gasteiger partial charge is 0.478 e. The summed E-state index contributed by atoms with van der Waals surface area (Å²) in [7, 11) is 0. The summed E-state index contributed by atoms with van der Waals surface area (Å²) >= 11 is 4.85. The number of aromatic nitrogens is 3. The van der Waals surface area contributed by atoms with E-state index in [1.54, 1.807) is 25.3 Å². The number of carboxylic acid groups (broad SMARTS) is 1. The number of hydrogen-bond donors (Lipinski definition) is 3. The quantitative estimate of drug-likeness (QED) is 0.221. The Labute approximate surface area is 233 Å². The van der Waals surface area contributed by atoms with E-state index in [4.69, 9.17) is 4.98 Å². The van der Waals surface area contributed by atoms with Gasteiger partial charge in [-0.1, -0.05) is 6.07 Å². The number of anilines is 2. The summed E-state index contributed by atoms with van der Waals surface area (Å²) in [5.74, 6) is -0.679. The molecular weight excluding hydrogens is 597 g/mol. The number of aliphatic hydroxyl groups is 1. The Morgan fingerprint density at radius 2 is 1.92 bits per heavy atom. The fourth-order valence-corrected chi connectivity index (χ4v) is 6.42. The molecule has 1 aliphatic rings. The van der Waals surface area contributed by atoms with Gasteiger partial charge in [0.1, 0.15) is 22.2 Å². The summed E-state index contributed by atoms with van der Waals surface area (Å²) in [6.45, 7) is 3.67. The fourth-order valence-electron chi connectivity index (χ4n) is 4.65. The van der Waals surface area contributed by atoms with E-state index in [9.17, 15) is 28.2 Å². The number of carbonyl (C=O) groups is 1. The van der Waals surface area contributed by atoms with Gasteiger partial charge >= 0.3 is 12.1 Å². The van der Waals surface area contributed by atoms with Crippen LogP contribution in [-0.2, 0) is 18.2 Å². The third kappa shape index (κ3) is 5.04. The number of pyridine rings is 2. The molecule has 12 heteroatoms. The Morgan fingerprint density at radius 3 is 2.64 bits per heavy atom. The van der Waals surface area contributed by atoms with Gasteiger partial charge in [0.2, 0.25) is 0 Å². The number of carboxylic acids is 1. The maximum absolute atomic E-state index is 13.2.